The predicted molar refractivity (Wildman–Crippen MR) is 68.4 cm³/mol. The molecule has 3 nitrogen and oxygen atoms in total. The molecular weight excluding hydrogens is 212 g/mol. The Hall–Kier alpha value is -1.25. The Bertz CT molecular complexity index is 405. The minimum atomic E-state index is 0.526. The van der Waals surface area contributed by atoms with Crippen molar-refractivity contribution in [2.24, 2.45) is 11.8 Å². The van der Waals surface area contributed by atoms with E-state index in [4.69, 9.17) is 4.74 Å². The van der Waals surface area contributed by atoms with E-state index >= 15 is 0 Å². The smallest absolute Gasteiger partial charge is 0.171 e. The molecule has 0 spiro atoms. The van der Waals surface area contributed by atoms with Gasteiger partial charge in [-0.25, -0.2) is 4.98 Å². The summed E-state index contributed by atoms with van der Waals surface area (Å²) in [4.78, 5) is 6.92. The molecule has 2 atom stereocenters. The maximum absolute atomic E-state index is 5.82. The summed E-state index contributed by atoms with van der Waals surface area (Å²) in [6, 6.07) is 4.49. The van der Waals surface area contributed by atoms with Gasteiger partial charge in [0.25, 0.3) is 0 Å². The van der Waals surface area contributed by atoms with Crippen LogP contribution in [0, 0.1) is 11.8 Å². The molecule has 1 fully saturated rings. The number of anilines is 1. The van der Waals surface area contributed by atoms with Gasteiger partial charge in [-0.3, -0.25) is 0 Å². The van der Waals surface area contributed by atoms with Gasteiger partial charge >= 0.3 is 0 Å². The van der Waals surface area contributed by atoms with Crippen LogP contribution < -0.4 is 9.64 Å². The Morgan fingerprint density at radius 2 is 2.35 bits per heavy atom. The van der Waals surface area contributed by atoms with E-state index < -0.39 is 0 Å². The zero-order valence-electron chi connectivity index (χ0n) is 10.6. The van der Waals surface area contributed by atoms with Crippen molar-refractivity contribution in [2.75, 3.05) is 18.1 Å². The summed E-state index contributed by atoms with van der Waals surface area (Å²) < 4.78 is 5.82. The van der Waals surface area contributed by atoms with E-state index in [9.17, 15) is 0 Å². The van der Waals surface area contributed by atoms with Gasteiger partial charge in [0.05, 0.1) is 6.04 Å². The van der Waals surface area contributed by atoms with Crippen LogP contribution in [0.1, 0.15) is 26.7 Å². The van der Waals surface area contributed by atoms with E-state index in [1.807, 2.05) is 18.3 Å². The summed E-state index contributed by atoms with van der Waals surface area (Å²) in [5, 5.41) is 0. The van der Waals surface area contributed by atoms with Crippen LogP contribution in [0.2, 0.25) is 0 Å². The van der Waals surface area contributed by atoms with Crippen molar-refractivity contribution in [2.45, 2.75) is 32.7 Å². The molecule has 0 N–H and O–H groups in total. The molecule has 1 aromatic heterocycles. The van der Waals surface area contributed by atoms with Crippen LogP contribution in [0.25, 0.3) is 0 Å². The van der Waals surface area contributed by atoms with E-state index in [0.29, 0.717) is 6.04 Å². The van der Waals surface area contributed by atoms with Gasteiger partial charge in [-0.2, -0.15) is 0 Å². The lowest BCUT2D eigenvalue weighted by molar-refractivity contribution is 0.189. The number of ether oxygens (including phenoxy) is 1. The van der Waals surface area contributed by atoms with Crippen molar-refractivity contribution >= 4 is 5.82 Å². The number of piperidine rings is 1. The highest BCUT2D eigenvalue weighted by molar-refractivity contribution is 5.55. The molecule has 3 heteroatoms. The highest BCUT2D eigenvalue weighted by Crippen LogP contribution is 2.38. The molecule has 3 rings (SSSR count). The van der Waals surface area contributed by atoms with Gasteiger partial charge < -0.3 is 9.64 Å². The molecular formula is C14H20N2O. The van der Waals surface area contributed by atoms with E-state index in [2.05, 4.69) is 23.7 Å². The minimum absolute atomic E-state index is 0.526. The first-order chi connectivity index (χ1) is 8.25. The number of rotatable bonds is 1. The van der Waals surface area contributed by atoms with Crippen LogP contribution in [0.4, 0.5) is 5.82 Å². The first-order valence-electron chi connectivity index (χ1n) is 6.60. The van der Waals surface area contributed by atoms with Gasteiger partial charge in [0.1, 0.15) is 6.61 Å². The summed E-state index contributed by atoms with van der Waals surface area (Å²) in [5.41, 5.74) is 0. The molecule has 0 saturated carbocycles. The molecule has 92 valence electrons. The van der Waals surface area contributed by atoms with Crippen LogP contribution in [-0.2, 0) is 0 Å². The van der Waals surface area contributed by atoms with E-state index in [1.54, 1.807) is 0 Å². The first kappa shape index (κ1) is 10.9. The molecule has 2 aliphatic heterocycles. The molecule has 1 unspecified atom stereocenters. The zero-order chi connectivity index (χ0) is 11.8. The second-order valence-corrected chi connectivity index (χ2v) is 5.51. The molecule has 1 aromatic rings. The molecule has 2 aliphatic rings. The van der Waals surface area contributed by atoms with Crippen molar-refractivity contribution in [1.82, 2.24) is 4.98 Å². The second kappa shape index (κ2) is 4.21. The third-order valence-electron chi connectivity index (χ3n) is 4.15. The Kier molecular flexibility index (Phi) is 2.69. The highest BCUT2D eigenvalue weighted by Gasteiger charge is 2.35. The Balaban J connectivity index is 1.83. The standard InChI is InChI=1S/C14H20N2O/c1-10(2)11-5-7-16-12(8-11)9-17-13-4-3-6-15-14(13)16/h3-4,6,10-12H,5,7-9H2,1-2H3/t11?,12-/m1/s1. The summed E-state index contributed by atoms with van der Waals surface area (Å²) in [6.07, 6.45) is 4.39. The molecule has 0 bridgehead atoms. The average Bonchev–Trinajstić information content (AvgIpc) is 2.38. The summed E-state index contributed by atoms with van der Waals surface area (Å²) in [6.45, 7) is 6.61. The third-order valence-corrected chi connectivity index (χ3v) is 4.15. The minimum Gasteiger partial charge on any atom is -0.488 e. The van der Waals surface area contributed by atoms with Crippen molar-refractivity contribution in [3.05, 3.63) is 18.3 Å². The van der Waals surface area contributed by atoms with Crippen LogP contribution in [0.5, 0.6) is 5.75 Å². The summed E-state index contributed by atoms with van der Waals surface area (Å²) >= 11 is 0. The number of aromatic nitrogens is 1. The van der Waals surface area contributed by atoms with Crippen molar-refractivity contribution in [3.63, 3.8) is 0 Å². The normalized spacial score (nSPS) is 27.4. The average molecular weight is 232 g/mol. The second-order valence-electron chi connectivity index (χ2n) is 5.51. The maximum Gasteiger partial charge on any atom is 0.171 e. The van der Waals surface area contributed by atoms with Gasteiger partial charge in [-0.15, -0.1) is 0 Å². The molecule has 1 saturated heterocycles. The van der Waals surface area contributed by atoms with Crippen LogP contribution in [0.3, 0.4) is 0 Å². The van der Waals surface area contributed by atoms with E-state index in [0.717, 1.165) is 36.6 Å². The first-order valence-corrected chi connectivity index (χ1v) is 6.60. The van der Waals surface area contributed by atoms with Gasteiger partial charge in [-0.05, 0) is 36.8 Å². The molecule has 3 heterocycles. The van der Waals surface area contributed by atoms with Gasteiger partial charge in [0, 0.05) is 12.7 Å². The van der Waals surface area contributed by atoms with Gasteiger partial charge in [0.2, 0.25) is 0 Å². The number of fused-ring (bicyclic) bond motifs is 3. The third kappa shape index (κ3) is 1.88. The lowest BCUT2D eigenvalue weighted by Gasteiger charge is -2.44. The van der Waals surface area contributed by atoms with Crippen molar-refractivity contribution in [1.29, 1.82) is 0 Å². The van der Waals surface area contributed by atoms with Gasteiger partial charge in [-0.1, -0.05) is 13.8 Å². The molecule has 0 radical (unpaired) electrons. The van der Waals surface area contributed by atoms with E-state index in [-0.39, 0.29) is 0 Å². The Labute approximate surface area is 103 Å². The largest absolute Gasteiger partial charge is 0.488 e. The molecule has 0 aliphatic carbocycles. The lowest BCUT2D eigenvalue weighted by atomic mass is 9.83. The summed E-state index contributed by atoms with van der Waals surface area (Å²) in [7, 11) is 0. The SMILES string of the molecule is CC(C)C1CCN2c3ncccc3OC[C@H]2C1. The summed E-state index contributed by atoms with van der Waals surface area (Å²) in [5.74, 6) is 3.62. The molecule has 0 amide bonds. The van der Waals surface area contributed by atoms with Crippen LogP contribution >= 0.6 is 0 Å². The van der Waals surface area contributed by atoms with Crippen molar-refractivity contribution in [3.8, 4) is 5.75 Å². The maximum atomic E-state index is 5.82. The van der Waals surface area contributed by atoms with Crippen LogP contribution in [-0.4, -0.2) is 24.2 Å². The highest BCUT2D eigenvalue weighted by atomic mass is 16.5. The number of hydrogen-bond acceptors (Lipinski definition) is 3. The molecule has 0 aromatic carbocycles. The fourth-order valence-corrected chi connectivity index (χ4v) is 3.02. The lowest BCUT2D eigenvalue weighted by Crippen LogP contribution is -2.49. The quantitative estimate of drug-likeness (QED) is 0.744. The number of pyridine rings is 1. The Morgan fingerprint density at radius 3 is 3.18 bits per heavy atom. The number of nitrogens with zero attached hydrogens (tertiary/aromatic N) is 2. The topological polar surface area (TPSA) is 25.4 Å². The van der Waals surface area contributed by atoms with Gasteiger partial charge in [0.15, 0.2) is 11.6 Å². The van der Waals surface area contributed by atoms with Crippen LogP contribution in [0.15, 0.2) is 18.3 Å². The van der Waals surface area contributed by atoms with Crippen molar-refractivity contribution < 1.29 is 4.74 Å². The Morgan fingerprint density at radius 1 is 1.47 bits per heavy atom. The fraction of sp³-hybridized carbons (Fsp3) is 0.643. The zero-order valence-corrected chi connectivity index (χ0v) is 10.6. The predicted octanol–water partition coefficient (Wildman–Crippen LogP) is 2.72. The number of hydrogen-bond donors (Lipinski definition) is 0. The fourth-order valence-electron chi connectivity index (χ4n) is 3.02. The molecule has 17 heavy (non-hydrogen) atoms. The van der Waals surface area contributed by atoms with E-state index in [1.165, 1.54) is 12.8 Å². The monoisotopic (exact) mass is 232 g/mol.